The molecule has 0 aliphatic rings. The Morgan fingerprint density at radius 1 is 1.18 bits per heavy atom. The fraction of sp³-hybridized carbons (Fsp3) is 0.438. The molecule has 0 saturated carbocycles. The molecule has 0 saturated heterocycles. The van der Waals surface area contributed by atoms with Gasteiger partial charge >= 0.3 is 0 Å². The van der Waals surface area contributed by atoms with Gasteiger partial charge in [0.05, 0.1) is 0 Å². The van der Waals surface area contributed by atoms with Crippen molar-refractivity contribution in [1.29, 1.82) is 5.41 Å². The van der Waals surface area contributed by atoms with Gasteiger partial charge in [-0.1, -0.05) is 43.3 Å². The van der Waals surface area contributed by atoms with Crippen molar-refractivity contribution in [3.05, 3.63) is 47.5 Å². The van der Waals surface area contributed by atoms with Gasteiger partial charge in [-0.15, -0.1) is 0 Å². The van der Waals surface area contributed by atoms with Crippen LogP contribution in [0.5, 0.6) is 0 Å². The minimum Gasteiger partial charge on any atom is -0.305 e. The van der Waals surface area contributed by atoms with Gasteiger partial charge in [0.25, 0.3) is 0 Å². The van der Waals surface area contributed by atoms with Crippen LogP contribution < -0.4 is 0 Å². The molecule has 0 atom stereocenters. The minimum atomic E-state index is 0.635. The highest BCUT2D eigenvalue weighted by molar-refractivity contribution is 5.96. The van der Waals surface area contributed by atoms with Crippen LogP contribution in [0.4, 0.5) is 0 Å². The first-order valence-electron chi connectivity index (χ1n) is 6.44. The smallest absolute Gasteiger partial charge is 0.0355 e. The molecule has 0 spiro atoms. The lowest BCUT2D eigenvalue weighted by molar-refractivity contribution is 0.718. The Morgan fingerprint density at radius 3 is 2.35 bits per heavy atom. The lowest BCUT2D eigenvalue weighted by atomic mass is 10.0. The molecule has 1 heteroatoms. The van der Waals surface area contributed by atoms with E-state index in [-0.39, 0.29) is 0 Å². The molecule has 0 unspecified atom stereocenters. The summed E-state index contributed by atoms with van der Waals surface area (Å²) in [5.41, 5.74) is 4.39. The van der Waals surface area contributed by atoms with Gasteiger partial charge in [-0.2, -0.15) is 0 Å². The van der Waals surface area contributed by atoms with Gasteiger partial charge in [-0.25, -0.2) is 0 Å². The van der Waals surface area contributed by atoms with E-state index in [0.29, 0.717) is 5.71 Å². The number of benzene rings is 1. The van der Waals surface area contributed by atoms with Crippen LogP contribution in [0.3, 0.4) is 0 Å². The van der Waals surface area contributed by atoms with Crippen molar-refractivity contribution in [2.24, 2.45) is 0 Å². The van der Waals surface area contributed by atoms with Gasteiger partial charge in [-0.05, 0) is 50.2 Å². The largest absolute Gasteiger partial charge is 0.305 e. The maximum Gasteiger partial charge on any atom is 0.0355 e. The van der Waals surface area contributed by atoms with E-state index in [9.17, 15) is 0 Å². The van der Waals surface area contributed by atoms with E-state index >= 15 is 0 Å². The molecule has 0 aliphatic heterocycles. The second-order valence-electron chi connectivity index (χ2n) is 4.63. The van der Waals surface area contributed by atoms with Gasteiger partial charge in [0, 0.05) is 5.71 Å². The summed E-state index contributed by atoms with van der Waals surface area (Å²) in [6, 6.07) is 8.37. The van der Waals surface area contributed by atoms with Crippen molar-refractivity contribution < 1.29 is 0 Å². The van der Waals surface area contributed by atoms with Gasteiger partial charge < -0.3 is 5.41 Å². The van der Waals surface area contributed by atoms with Crippen molar-refractivity contribution in [2.75, 3.05) is 0 Å². The molecular weight excluding hydrogens is 206 g/mol. The van der Waals surface area contributed by atoms with E-state index in [1.165, 1.54) is 24.0 Å². The van der Waals surface area contributed by atoms with E-state index in [2.05, 4.69) is 25.6 Å². The number of hydrogen-bond acceptors (Lipinski definition) is 1. The second kappa shape index (κ2) is 7.05. The van der Waals surface area contributed by atoms with Gasteiger partial charge in [0.15, 0.2) is 0 Å². The van der Waals surface area contributed by atoms with E-state index in [1.54, 1.807) is 0 Å². The Labute approximate surface area is 105 Å². The van der Waals surface area contributed by atoms with Crippen LogP contribution in [0.1, 0.15) is 50.7 Å². The Kier molecular flexibility index (Phi) is 5.68. The lowest BCUT2D eigenvalue weighted by Crippen LogP contribution is -1.93. The fourth-order valence-corrected chi connectivity index (χ4v) is 1.80. The van der Waals surface area contributed by atoms with Crippen LogP contribution >= 0.6 is 0 Å². The zero-order chi connectivity index (χ0) is 12.7. The predicted octanol–water partition coefficient (Wildman–Crippen LogP) is 4.75. The molecule has 0 aliphatic carbocycles. The first kappa shape index (κ1) is 13.7. The molecule has 0 fully saturated rings. The molecule has 0 radical (unpaired) electrons. The van der Waals surface area contributed by atoms with Crippen LogP contribution in [0.25, 0.3) is 0 Å². The molecule has 0 bridgehead atoms. The molecule has 1 nitrogen and oxygen atoms in total. The van der Waals surface area contributed by atoms with Crippen molar-refractivity contribution in [2.45, 2.75) is 46.0 Å². The molecule has 0 heterocycles. The highest BCUT2D eigenvalue weighted by Gasteiger charge is 1.97. The normalized spacial score (nSPS) is 10.2. The molecule has 0 aromatic heterocycles. The number of nitrogens with one attached hydrogen (secondary N) is 1. The number of allylic oxidation sites excluding steroid dienone is 1. The van der Waals surface area contributed by atoms with Gasteiger partial charge in [0.1, 0.15) is 0 Å². The monoisotopic (exact) mass is 229 g/mol. The standard InChI is InChI=1S/C16H23N/c1-4-13(2)7-5-6-8-15-9-11-16(12-10-15)14(3)17/h9-12,17H,2,4-8H2,1,3H3. The van der Waals surface area contributed by atoms with Crippen molar-refractivity contribution in [1.82, 2.24) is 0 Å². The van der Waals surface area contributed by atoms with Crippen LogP contribution in [-0.4, -0.2) is 5.71 Å². The zero-order valence-corrected chi connectivity index (χ0v) is 11.1. The topological polar surface area (TPSA) is 23.9 Å². The molecule has 1 aromatic carbocycles. The average molecular weight is 229 g/mol. The van der Waals surface area contributed by atoms with Crippen LogP contribution in [0.2, 0.25) is 0 Å². The molecule has 92 valence electrons. The maximum atomic E-state index is 7.53. The molecular formula is C16H23N. The Bertz CT molecular complexity index is 373. The summed E-state index contributed by atoms with van der Waals surface area (Å²) in [7, 11) is 0. The lowest BCUT2D eigenvalue weighted by Gasteiger charge is -2.04. The Morgan fingerprint density at radius 2 is 1.82 bits per heavy atom. The van der Waals surface area contributed by atoms with Gasteiger partial charge in [0.2, 0.25) is 0 Å². The van der Waals surface area contributed by atoms with Crippen molar-refractivity contribution in [3.63, 3.8) is 0 Å². The third-order valence-electron chi connectivity index (χ3n) is 3.13. The molecule has 1 N–H and O–H groups in total. The number of hydrogen-bond donors (Lipinski definition) is 1. The molecule has 17 heavy (non-hydrogen) atoms. The average Bonchev–Trinajstić information content (AvgIpc) is 2.34. The minimum absolute atomic E-state index is 0.635. The summed E-state index contributed by atoms with van der Waals surface area (Å²) < 4.78 is 0. The fourth-order valence-electron chi connectivity index (χ4n) is 1.80. The predicted molar refractivity (Wildman–Crippen MR) is 75.9 cm³/mol. The van der Waals surface area contributed by atoms with E-state index in [0.717, 1.165) is 24.8 Å². The SMILES string of the molecule is C=C(CC)CCCCc1ccc(C(C)=N)cc1. The van der Waals surface area contributed by atoms with Crippen molar-refractivity contribution >= 4 is 5.71 Å². The molecule has 1 rings (SSSR count). The summed E-state index contributed by atoms with van der Waals surface area (Å²) in [5, 5.41) is 7.53. The van der Waals surface area contributed by atoms with E-state index < -0.39 is 0 Å². The summed E-state index contributed by atoms with van der Waals surface area (Å²) >= 11 is 0. The summed E-state index contributed by atoms with van der Waals surface area (Å²) in [6.45, 7) is 8.02. The summed E-state index contributed by atoms with van der Waals surface area (Å²) in [6.07, 6.45) is 5.86. The third-order valence-corrected chi connectivity index (χ3v) is 3.13. The van der Waals surface area contributed by atoms with E-state index in [1.807, 2.05) is 19.1 Å². The number of rotatable bonds is 7. The Hall–Kier alpha value is -1.37. The van der Waals surface area contributed by atoms with Crippen LogP contribution in [0, 0.1) is 5.41 Å². The maximum absolute atomic E-state index is 7.53. The third kappa shape index (κ3) is 4.99. The molecule has 0 amide bonds. The summed E-state index contributed by atoms with van der Waals surface area (Å²) in [5.74, 6) is 0. The first-order chi connectivity index (χ1) is 8.13. The first-order valence-corrected chi connectivity index (χ1v) is 6.44. The number of aryl methyl sites for hydroxylation is 1. The van der Waals surface area contributed by atoms with Crippen molar-refractivity contribution in [3.8, 4) is 0 Å². The Balaban J connectivity index is 2.32. The van der Waals surface area contributed by atoms with E-state index in [4.69, 9.17) is 5.41 Å². The zero-order valence-electron chi connectivity index (χ0n) is 11.1. The van der Waals surface area contributed by atoms with Gasteiger partial charge in [-0.3, -0.25) is 0 Å². The highest BCUT2D eigenvalue weighted by Crippen LogP contribution is 2.12. The molecule has 1 aromatic rings. The van der Waals surface area contributed by atoms with Crippen LogP contribution in [-0.2, 0) is 6.42 Å². The second-order valence-corrected chi connectivity index (χ2v) is 4.63. The quantitative estimate of drug-likeness (QED) is 0.396. The number of unbranched alkanes of at least 4 members (excludes halogenated alkanes) is 1. The highest BCUT2D eigenvalue weighted by atomic mass is 14.4. The summed E-state index contributed by atoms with van der Waals surface area (Å²) in [4.78, 5) is 0. The van der Waals surface area contributed by atoms with Crippen LogP contribution in [0.15, 0.2) is 36.4 Å².